The zero-order chi connectivity index (χ0) is 13.2. The van der Waals surface area contributed by atoms with Crippen LogP contribution in [0.4, 0.5) is 0 Å². The van der Waals surface area contributed by atoms with Crippen molar-refractivity contribution in [2.24, 2.45) is 0 Å². The van der Waals surface area contributed by atoms with Crippen molar-refractivity contribution in [2.75, 3.05) is 0 Å². The zero-order valence-electron chi connectivity index (χ0n) is 10.7. The zero-order valence-corrected chi connectivity index (χ0v) is 10.7. The maximum Gasteiger partial charge on any atom is 0.340 e. The average molecular weight is 250 g/mol. The standard InChI is InChI=1S/C17H14O2/c1-2-13-16(12-8-4-3-5-9-12)14-10-6-7-11-15(14)19-17(13)18/h3-11H,2H2,1H3. The van der Waals surface area contributed by atoms with Crippen LogP contribution in [0.3, 0.4) is 0 Å². The van der Waals surface area contributed by atoms with Gasteiger partial charge in [-0.25, -0.2) is 4.79 Å². The predicted octanol–water partition coefficient (Wildman–Crippen LogP) is 4.02. The Kier molecular flexibility index (Phi) is 2.92. The molecule has 2 nitrogen and oxygen atoms in total. The molecule has 0 unspecified atom stereocenters. The molecule has 3 rings (SSSR count). The summed E-state index contributed by atoms with van der Waals surface area (Å²) in [6, 6.07) is 17.7. The van der Waals surface area contributed by atoms with Crippen LogP contribution in [-0.2, 0) is 6.42 Å². The van der Waals surface area contributed by atoms with Gasteiger partial charge in [0, 0.05) is 16.5 Å². The molecule has 2 aromatic carbocycles. The lowest BCUT2D eigenvalue weighted by molar-refractivity contribution is 0.552. The molecule has 94 valence electrons. The van der Waals surface area contributed by atoms with Crippen LogP contribution >= 0.6 is 0 Å². The Hall–Kier alpha value is -2.35. The molecule has 0 amide bonds. The molecule has 0 aliphatic heterocycles. The Bertz CT molecular complexity index is 770. The smallest absolute Gasteiger partial charge is 0.340 e. The first-order chi connectivity index (χ1) is 9.31. The minimum atomic E-state index is -0.236. The third kappa shape index (κ3) is 1.95. The molecular weight excluding hydrogens is 236 g/mol. The van der Waals surface area contributed by atoms with Gasteiger partial charge in [-0.15, -0.1) is 0 Å². The van der Waals surface area contributed by atoms with E-state index in [4.69, 9.17) is 4.42 Å². The van der Waals surface area contributed by atoms with Crippen molar-refractivity contribution < 1.29 is 4.42 Å². The van der Waals surface area contributed by atoms with Gasteiger partial charge in [-0.2, -0.15) is 0 Å². The van der Waals surface area contributed by atoms with E-state index in [1.165, 1.54) is 0 Å². The van der Waals surface area contributed by atoms with Crippen LogP contribution in [0.15, 0.2) is 63.8 Å². The van der Waals surface area contributed by atoms with Crippen molar-refractivity contribution in [3.8, 4) is 11.1 Å². The summed E-state index contributed by atoms with van der Waals surface area (Å²) < 4.78 is 5.39. The van der Waals surface area contributed by atoms with Gasteiger partial charge >= 0.3 is 5.63 Å². The molecule has 1 aromatic heterocycles. The van der Waals surface area contributed by atoms with Crippen molar-refractivity contribution in [2.45, 2.75) is 13.3 Å². The van der Waals surface area contributed by atoms with Crippen LogP contribution in [0.25, 0.3) is 22.1 Å². The van der Waals surface area contributed by atoms with Gasteiger partial charge in [0.2, 0.25) is 0 Å². The first-order valence-corrected chi connectivity index (χ1v) is 6.41. The molecule has 0 saturated carbocycles. The van der Waals surface area contributed by atoms with Crippen molar-refractivity contribution in [1.82, 2.24) is 0 Å². The lowest BCUT2D eigenvalue weighted by Gasteiger charge is -2.10. The van der Waals surface area contributed by atoms with E-state index in [0.717, 1.165) is 22.1 Å². The molecule has 0 saturated heterocycles. The highest BCUT2D eigenvalue weighted by atomic mass is 16.4. The number of hydrogen-bond donors (Lipinski definition) is 0. The third-order valence-electron chi connectivity index (χ3n) is 3.32. The van der Waals surface area contributed by atoms with Crippen molar-refractivity contribution >= 4 is 11.0 Å². The summed E-state index contributed by atoms with van der Waals surface area (Å²) in [6.07, 6.45) is 0.664. The first kappa shape index (κ1) is 11.7. The van der Waals surface area contributed by atoms with Crippen molar-refractivity contribution in [3.63, 3.8) is 0 Å². The maximum absolute atomic E-state index is 12.1. The predicted molar refractivity (Wildman–Crippen MR) is 77.3 cm³/mol. The van der Waals surface area contributed by atoms with E-state index >= 15 is 0 Å². The topological polar surface area (TPSA) is 30.2 Å². The second kappa shape index (κ2) is 4.73. The Morgan fingerprint density at radius 3 is 2.37 bits per heavy atom. The summed E-state index contributed by atoms with van der Waals surface area (Å²) >= 11 is 0. The fourth-order valence-corrected chi connectivity index (χ4v) is 2.44. The molecule has 0 N–H and O–H groups in total. The molecular formula is C17H14O2. The van der Waals surface area contributed by atoms with E-state index < -0.39 is 0 Å². The fourth-order valence-electron chi connectivity index (χ4n) is 2.44. The summed E-state index contributed by atoms with van der Waals surface area (Å²) in [6.45, 7) is 1.98. The highest BCUT2D eigenvalue weighted by Gasteiger charge is 2.14. The van der Waals surface area contributed by atoms with Crippen molar-refractivity contribution in [1.29, 1.82) is 0 Å². The fraction of sp³-hybridized carbons (Fsp3) is 0.118. The molecule has 2 heteroatoms. The Morgan fingerprint density at radius 1 is 0.947 bits per heavy atom. The molecule has 0 radical (unpaired) electrons. The second-order valence-electron chi connectivity index (χ2n) is 4.46. The van der Waals surface area contributed by atoms with E-state index in [-0.39, 0.29) is 5.63 Å². The van der Waals surface area contributed by atoms with Crippen molar-refractivity contribution in [3.05, 3.63) is 70.6 Å². The van der Waals surface area contributed by atoms with Gasteiger partial charge in [-0.05, 0) is 18.1 Å². The SMILES string of the molecule is CCc1c(-c2ccccc2)c2ccccc2oc1=O. The van der Waals surface area contributed by atoms with E-state index in [0.29, 0.717) is 12.0 Å². The average Bonchev–Trinajstić information content (AvgIpc) is 2.46. The lowest BCUT2D eigenvalue weighted by Crippen LogP contribution is -2.08. The lowest BCUT2D eigenvalue weighted by atomic mass is 9.96. The second-order valence-corrected chi connectivity index (χ2v) is 4.46. The minimum Gasteiger partial charge on any atom is -0.422 e. The van der Waals surface area contributed by atoms with E-state index in [1.807, 2.05) is 61.5 Å². The highest BCUT2D eigenvalue weighted by Crippen LogP contribution is 2.30. The van der Waals surface area contributed by atoms with Gasteiger partial charge in [0.15, 0.2) is 0 Å². The molecule has 0 bridgehead atoms. The first-order valence-electron chi connectivity index (χ1n) is 6.41. The molecule has 0 fully saturated rings. The number of benzene rings is 2. The van der Waals surface area contributed by atoms with Crippen LogP contribution in [0.5, 0.6) is 0 Å². The summed E-state index contributed by atoms with van der Waals surface area (Å²) in [5.74, 6) is 0. The van der Waals surface area contributed by atoms with Gasteiger partial charge in [-0.1, -0.05) is 55.5 Å². The molecule has 1 heterocycles. The summed E-state index contributed by atoms with van der Waals surface area (Å²) in [4.78, 5) is 12.1. The monoisotopic (exact) mass is 250 g/mol. The number of fused-ring (bicyclic) bond motifs is 1. The molecule has 0 aliphatic rings. The van der Waals surface area contributed by atoms with Gasteiger partial charge in [0.1, 0.15) is 5.58 Å². The van der Waals surface area contributed by atoms with Crippen LogP contribution in [0.1, 0.15) is 12.5 Å². The van der Waals surface area contributed by atoms with Gasteiger partial charge < -0.3 is 4.42 Å². The summed E-state index contributed by atoms with van der Waals surface area (Å²) in [5.41, 5.74) is 3.20. The Labute approximate surface area is 111 Å². The molecule has 19 heavy (non-hydrogen) atoms. The van der Waals surface area contributed by atoms with Crippen LogP contribution in [-0.4, -0.2) is 0 Å². The normalized spacial score (nSPS) is 10.8. The number of hydrogen-bond acceptors (Lipinski definition) is 2. The van der Waals surface area contributed by atoms with Gasteiger partial charge in [0.25, 0.3) is 0 Å². The van der Waals surface area contributed by atoms with E-state index in [2.05, 4.69) is 0 Å². The van der Waals surface area contributed by atoms with E-state index in [1.54, 1.807) is 0 Å². The quantitative estimate of drug-likeness (QED) is 0.643. The highest BCUT2D eigenvalue weighted by molar-refractivity contribution is 5.94. The molecule has 0 spiro atoms. The maximum atomic E-state index is 12.1. The van der Waals surface area contributed by atoms with Crippen LogP contribution in [0.2, 0.25) is 0 Å². The molecule has 0 aliphatic carbocycles. The number of para-hydroxylation sites is 1. The largest absolute Gasteiger partial charge is 0.422 e. The summed E-state index contributed by atoms with van der Waals surface area (Å²) in [5, 5.41) is 0.991. The third-order valence-corrected chi connectivity index (χ3v) is 3.32. The van der Waals surface area contributed by atoms with Crippen LogP contribution in [0, 0.1) is 0 Å². The molecule has 3 aromatic rings. The van der Waals surface area contributed by atoms with Gasteiger partial charge in [-0.3, -0.25) is 0 Å². The number of rotatable bonds is 2. The van der Waals surface area contributed by atoms with Crippen LogP contribution < -0.4 is 5.63 Å². The molecule has 0 atom stereocenters. The minimum absolute atomic E-state index is 0.236. The van der Waals surface area contributed by atoms with Gasteiger partial charge in [0.05, 0.1) is 0 Å². The Morgan fingerprint density at radius 2 is 1.63 bits per heavy atom. The summed E-state index contributed by atoms with van der Waals surface area (Å²) in [7, 11) is 0. The Balaban J connectivity index is 2.47. The van der Waals surface area contributed by atoms with E-state index in [9.17, 15) is 4.79 Å².